The number of aryl methyl sites for hydroxylation is 1. The van der Waals surface area contributed by atoms with Crippen LogP contribution in [0.15, 0.2) is 0 Å². The van der Waals surface area contributed by atoms with Gasteiger partial charge in [-0.15, -0.1) is 0 Å². The lowest BCUT2D eigenvalue weighted by molar-refractivity contribution is -0.244. The fraction of sp³-hybridized carbons (Fsp3) is 0.903. The molecule has 688 valence electrons. The lowest BCUT2D eigenvalue weighted by atomic mass is 9.78. The average Bonchev–Trinajstić information content (AvgIpc) is 0.753. The molecule has 5 N–H and O–H groups in total. The Morgan fingerprint density at radius 2 is 0.425 bits per heavy atom. The summed E-state index contributed by atoms with van der Waals surface area (Å²) in [5.74, 6) is 6.45. The number of nitrogens with zero attached hydrogens (tertiary/aromatic N) is 22. The molecule has 1 unspecified atom stereocenters. The van der Waals surface area contributed by atoms with Gasteiger partial charge < -0.3 is 65.2 Å². The molecule has 0 saturated carbocycles. The highest BCUT2D eigenvalue weighted by molar-refractivity contribution is 5.51. The highest BCUT2D eigenvalue weighted by Gasteiger charge is 2.52. The van der Waals surface area contributed by atoms with E-state index in [4.69, 9.17) is 44.9 Å². The Labute approximate surface area is 729 Å². The van der Waals surface area contributed by atoms with E-state index in [1.54, 1.807) is 20.3 Å². The fourth-order valence-corrected chi connectivity index (χ4v) is 21.0. The third-order valence-electron chi connectivity index (χ3n) is 27.4. The van der Waals surface area contributed by atoms with E-state index in [0.717, 1.165) is 268 Å². The molecule has 5 fully saturated rings. The molecule has 0 amide bonds. The first-order valence-corrected chi connectivity index (χ1v) is 48.1. The molecule has 0 spiro atoms. The maximum Gasteiger partial charge on any atom is 0.232 e. The van der Waals surface area contributed by atoms with E-state index in [1.165, 1.54) is 5.06 Å². The zero-order chi connectivity index (χ0) is 88.6. The van der Waals surface area contributed by atoms with Crippen LogP contribution < -0.4 is 39.2 Å². The first kappa shape index (κ1) is 100. The minimum absolute atomic E-state index is 0.00488. The number of rotatable bonds is 48. The second-order valence-corrected chi connectivity index (χ2v) is 42.8. The van der Waals surface area contributed by atoms with Gasteiger partial charge in [0.05, 0.1) is 0 Å². The molecule has 0 radical (unpaired) electrons. The van der Waals surface area contributed by atoms with Crippen molar-refractivity contribution in [2.75, 3.05) is 118 Å². The van der Waals surface area contributed by atoms with Crippen molar-refractivity contribution < 1.29 is 26.0 Å². The normalized spacial score (nSPS) is 21.6. The second-order valence-electron chi connectivity index (χ2n) is 42.8. The van der Waals surface area contributed by atoms with Crippen molar-refractivity contribution in [3.63, 3.8) is 0 Å². The fourth-order valence-electron chi connectivity index (χ4n) is 21.0. The Morgan fingerprint density at radius 3 is 0.667 bits per heavy atom. The molecule has 120 heavy (non-hydrogen) atoms. The molecule has 8 heterocycles. The van der Waals surface area contributed by atoms with E-state index in [9.17, 15) is 26.0 Å². The van der Waals surface area contributed by atoms with E-state index in [-0.39, 0.29) is 30.2 Å². The van der Waals surface area contributed by atoms with Crippen molar-refractivity contribution in [2.24, 2.45) is 0 Å². The summed E-state index contributed by atoms with van der Waals surface area (Å²) in [4.78, 5) is 69.5. The van der Waals surface area contributed by atoms with Gasteiger partial charge in [-0.1, -0.05) is 119 Å². The molecule has 5 saturated heterocycles. The monoisotopic (exact) mass is 1680 g/mol. The zero-order valence-electron chi connectivity index (χ0n) is 81.1. The van der Waals surface area contributed by atoms with E-state index >= 15 is 0 Å². The lowest BCUT2D eigenvalue weighted by Crippen LogP contribution is -2.63. The molecular formula is C93H176N22O5. The molecule has 5 aliphatic heterocycles. The SMILES string of the molecule is CCCCN(CCCC)c1nc(C)nc(N(CCCCCCN(c2nc(N(CCCCCCN(c3nc(N(CCCC)CCCC)nc(N(CCCC)CCCC)n3)C3CC(C)(C)N(O)C(C)(C)C3)C3CCN(O)C(C)(C)C3)nc(N(CCCC)C3CC(C)(C)N(O)C(C)(C)C3)n2)C2CC(C)(C)N(O)C(C)(C)C2)C2CC(C)(C)N(O)C(C)(C)C2)n1. The van der Waals surface area contributed by atoms with Crippen LogP contribution in [0.2, 0.25) is 0 Å². The molecular weight excluding hydrogens is 1510 g/mol. The zero-order valence-corrected chi connectivity index (χ0v) is 81.1. The first-order chi connectivity index (χ1) is 56.4. The minimum Gasteiger partial charge on any atom is -0.341 e. The maximum absolute atomic E-state index is 12.1. The highest BCUT2D eigenvalue weighted by atomic mass is 16.5. The second kappa shape index (κ2) is 43.5. The van der Waals surface area contributed by atoms with E-state index in [0.29, 0.717) is 69.6 Å². The van der Waals surface area contributed by atoms with Gasteiger partial charge in [0.2, 0.25) is 47.6 Å². The molecule has 5 aliphatic rings. The molecule has 0 bridgehead atoms. The van der Waals surface area contributed by atoms with Crippen LogP contribution in [0.3, 0.4) is 0 Å². The molecule has 0 aliphatic carbocycles. The molecule has 27 heteroatoms. The van der Waals surface area contributed by atoms with E-state index in [2.05, 4.69) is 212 Å². The summed E-state index contributed by atoms with van der Waals surface area (Å²) in [6.45, 7) is 66.2. The van der Waals surface area contributed by atoms with Gasteiger partial charge >= 0.3 is 0 Å². The summed E-state index contributed by atoms with van der Waals surface area (Å²) in [5, 5.41) is 67.2. The lowest BCUT2D eigenvalue weighted by Gasteiger charge is -2.54. The number of piperidine rings is 5. The number of unbranched alkanes of at least 4 members (excludes halogenated alkanes) is 13. The topological polar surface area (TPSA) is 259 Å². The molecule has 3 aromatic heterocycles. The average molecular weight is 1680 g/mol. The van der Waals surface area contributed by atoms with E-state index in [1.807, 2.05) is 6.92 Å². The van der Waals surface area contributed by atoms with Crippen LogP contribution in [0.1, 0.15) is 384 Å². The predicted octanol–water partition coefficient (Wildman–Crippen LogP) is 19.4. The van der Waals surface area contributed by atoms with Gasteiger partial charge in [-0.3, -0.25) is 0 Å². The van der Waals surface area contributed by atoms with Gasteiger partial charge in [0.15, 0.2) is 0 Å². The van der Waals surface area contributed by atoms with Crippen molar-refractivity contribution in [1.82, 2.24) is 70.2 Å². The Balaban J connectivity index is 1.19. The van der Waals surface area contributed by atoms with Crippen LogP contribution in [-0.4, -0.2) is 255 Å². The van der Waals surface area contributed by atoms with Gasteiger partial charge in [0.1, 0.15) is 5.82 Å². The molecule has 27 nitrogen and oxygen atoms in total. The van der Waals surface area contributed by atoms with Crippen LogP contribution in [0.4, 0.5) is 47.6 Å². The number of hydrogen-bond donors (Lipinski definition) is 5. The van der Waals surface area contributed by atoms with Gasteiger partial charge in [0, 0.05) is 159 Å². The number of aromatic nitrogens is 9. The van der Waals surface area contributed by atoms with Crippen molar-refractivity contribution in [2.45, 2.75) is 466 Å². The summed E-state index contributed by atoms with van der Waals surface area (Å²) < 4.78 is 0. The number of hydrogen-bond acceptors (Lipinski definition) is 27. The summed E-state index contributed by atoms with van der Waals surface area (Å²) in [6, 6.07) is 0.0654. The quantitative estimate of drug-likeness (QED) is 0.0329. The first-order valence-electron chi connectivity index (χ1n) is 48.1. The van der Waals surface area contributed by atoms with Crippen LogP contribution in [0.25, 0.3) is 0 Å². The summed E-state index contributed by atoms with van der Waals surface area (Å²) in [7, 11) is 0. The van der Waals surface area contributed by atoms with Crippen molar-refractivity contribution in [1.29, 1.82) is 0 Å². The summed E-state index contributed by atoms with van der Waals surface area (Å²) >= 11 is 0. The standard InChI is InChI=1S/C93H176N22O5/c1-27-34-50-103(51-35-28-2)77-94-71(8)95-80(97-77)108(74-65-88(15,16)113(118)89(17,18)66-74)58-46-43-44-48-60-110(76-69-92(23,24)115(120)93(25,26)70-76)84-101-82(100-83(102-84)107(56-40-33-7)73-63-86(11,12)112(117)87(13,14)64-73)106(72-49-61-111(116)85(9,10)62-72)57-45-41-42-47-59-109(75-67-90(19,20)114(119)91(21,22)68-75)81-98-78(104(52-36-29-3)53-37-30-4)96-79(99-81)105(54-38-31-5)55-39-32-6/h72-76,116-120H,27-70H2,1-26H3. The van der Waals surface area contributed by atoms with E-state index < -0.39 is 49.9 Å². The van der Waals surface area contributed by atoms with Crippen molar-refractivity contribution >= 4 is 47.6 Å². The molecule has 1 atom stereocenters. The Morgan fingerprint density at radius 1 is 0.242 bits per heavy atom. The third-order valence-corrected chi connectivity index (χ3v) is 27.4. The van der Waals surface area contributed by atoms with Crippen LogP contribution in [0, 0.1) is 6.92 Å². The van der Waals surface area contributed by atoms with Gasteiger partial charge in [-0.05, 0) is 266 Å². The van der Waals surface area contributed by atoms with Crippen LogP contribution in [0.5, 0.6) is 0 Å². The van der Waals surface area contributed by atoms with Crippen molar-refractivity contribution in [3.05, 3.63) is 5.82 Å². The van der Waals surface area contributed by atoms with Gasteiger partial charge in [0.25, 0.3) is 0 Å². The summed E-state index contributed by atoms with van der Waals surface area (Å²) in [6.07, 6.45) is 29.3. The Kier molecular flexibility index (Phi) is 36.4. The number of anilines is 8. The number of hydroxylamine groups is 10. The molecule has 3 aromatic rings. The highest BCUT2D eigenvalue weighted by Crippen LogP contribution is 2.46. The largest absolute Gasteiger partial charge is 0.341 e. The smallest absolute Gasteiger partial charge is 0.232 e. The van der Waals surface area contributed by atoms with Gasteiger partial charge in [-0.25, -0.2) is 0 Å². The molecule has 0 aromatic carbocycles. The third kappa shape index (κ3) is 26.1. The summed E-state index contributed by atoms with van der Waals surface area (Å²) in [5.41, 5.74) is -4.75. The Hall–Kier alpha value is -4.97. The van der Waals surface area contributed by atoms with Gasteiger partial charge in [-0.2, -0.15) is 70.2 Å². The maximum atomic E-state index is 12.1. The van der Waals surface area contributed by atoms with Crippen molar-refractivity contribution in [3.8, 4) is 0 Å². The van der Waals surface area contributed by atoms with Crippen LogP contribution in [-0.2, 0) is 0 Å². The Bertz CT molecular complexity index is 3430. The molecule has 8 rings (SSSR count). The minimum atomic E-state index is -0.581. The van der Waals surface area contributed by atoms with Crippen LogP contribution >= 0.6 is 0 Å². The predicted molar refractivity (Wildman–Crippen MR) is 494 cm³/mol.